The molecule has 1 aliphatic carbocycles. The summed E-state index contributed by atoms with van der Waals surface area (Å²) >= 11 is 5.51. The van der Waals surface area contributed by atoms with E-state index in [4.69, 9.17) is 11.6 Å². The van der Waals surface area contributed by atoms with Crippen LogP contribution in [0.25, 0.3) is 0 Å². The molecule has 0 aromatic heterocycles. The highest BCUT2D eigenvalue weighted by atomic mass is 35.5. The van der Waals surface area contributed by atoms with Crippen molar-refractivity contribution in [2.45, 2.75) is 39.0 Å². The van der Waals surface area contributed by atoms with Crippen molar-refractivity contribution >= 4 is 17.6 Å². The van der Waals surface area contributed by atoms with Crippen LogP contribution in [0.4, 0.5) is 4.79 Å². The first-order chi connectivity index (χ1) is 7.74. The predicted molar refractivity (Wildman–Crippen MR) is 67.6 cm³/mol. The van der Waals surface area contributed by atoms with Crippen LogP contribution < -0.4 is 10.6 Å². The first-order valence-electron chi connectivity index (χ1n) is 6.01. The van der Waals surface area contributed by atoms with E-state index >= 15 is 0 Å². The number of amides is 2. The van der Waals surface area contributed by atoms with Gasteiger partial charge in [0.1, 0.15) is 0 Å². The Kier molecular flexibility index (Phi) is 6.31. The van der Waals surface area contributed by atoms with E-state index in [1.165, 1.54) is 31.3 Å². The van der Waals surface area contributed by atoms with E-state index in [1.807, 2.05) is 6.20 Å². The molecule has 16 heavy (non-hydrogen) atoms. The largest absolute Gasteiger partial charge is 0.338 e. The van der Waals surface area contributed by atoms with Crippen molar-refractivity contribution in [2.75, 3.05) is 12.4 Å². The lowest BCUT2D eigenvalue weighted by Crippen LogP contribution is -2.33. The molecular weight excluding hydrogens is 224 g/mol. The maximum Gasteiger partial charge on any atom is 0.318 e. The standard InChI is InChI=1S/C12H21ClN2O/c1-10(11-5-2-3-6-11)9-15-12(16)14-8-4-7-13/h9,11H,2-8H2,1H3,(H2,14,15,16)/b10-9+. The smallest absolute Gasteiger partial charge is 0.318 e. The fraction of sp³-hybridized carbons (Fsp3) is 0.750. The Labute approximate surface area is 103 Å². The minimum atomic E-state index is -0.137. The van der Waals surface area contributed by atoms with Gasteiger partial charge in [0.15, 0.2) is 0 Å². The van der Waals surface area contributed by atoms with Gasteiger partial charge in [-0.1, -0.05) is 18.4 Å². The average molecular weight is 245 g/mol. The molecule has 1 fully saturated rings. The minimum Gasteiger partial charge on any atom is -0.338 e. The number of carbonyl (C=O) groups is 1. The first-order valence-corrected chi connectivity index (χ1v) is 6.54. The molecular formula is C12H21ClN2O. The van der Waals surface area contributed by atoms with E-state index in [0.29, 0.717) is 18.3 Å². The quantitative estimate of drug-likeness (QED) is 0.567. The molecule has 0 saturated heterocycles. The zero-order chi connectivity index (χ0) is 11.8. The van der Waals surface area contributed by atoms with Crippen molar-refractivity contribution in [1.82, 2.24) is 10.6 Å². The number of nitrogens with one attached hydrogen (secondary N) is 2. The Morgan fingerprint density at radius 1 is 1.44 bits per heavy atom. The lowest BCUT2D eigenvalue weighted by molar-refractivity contribution is 0.244. The molecule has 0 heterocycles. The minimum absolute atomic E-state index is 0.137. The molecule has 0 radical (unpaired) electrons. The third-order valence-corrected chi connectivity index (χ3v) is 3.29. The molecule has 1 rings (SSSR count). The molecule has 1 aliphatic rings. The lowest BCUT2D eigenvalue weighted by atomic mass is 10.0. The number of hydrogen-bond donors (Lipinski definition) is 2. The molecule has 1 saturated carbocycles. The van der Waals surface area contributed by atoms with Crippen LogP contribution in [-0.4, -0.2) is 18.5 Å². The van der Waals surface area contributed by atoms with Crippen LogP contribution in [-0.2, 0) is 0 Å². The lowest BCUT2D eigenvalue weighted by Gasteiger charge is -2.10. The number of carbonyl (C=O) groups excluding carboxylic acids is 1. The molecule has 4 heteroatoms. The van der Waals surface area contributed by atoms with Crippen LogP contribution in [0.1, 0.15) is 39.0 Å². The van der Waals surface area contributed by atoms with Crippen molar-refractivity contribution in [3.63, 3.8) is 0 Å². The Hall–Kier alpha value is -0.700. The number of halogens is 1. The SMILES string of the molecule is C/C(=C\NC(=O)NCCCCl)C1CCCC1. The molecule has 0 bridgehead atoms. The van der Waals surface area contributed by atoms with Crippen molar-refractivity contribution in [3.05, 3.63) is 11.8 Å². The first kappa shape index (κ1) is 13.4. The zero-order valence-electron chi connectivity index (χ0n) is 9.89. The molecule has 0 spiro atoms. The van der Waals surface area contributed by atoms with Gasteiger partial charge in [0, 0.05) is 18.6 Å². The average Bonchev–Trinajstić information content (AvgIpc) is 2.79. The molecule has 0 atom stereocenters. The van der Waals surface area contributed by atoms with Crippen molar-refractivity contribution in [2.24, 2.45) is 5.92 Å². The van der Waals surface area contributed by atoms with Gasteiger partial charge in [-0.15, -0.1) is 11.6 Å². The third kappa shape index (κ3) is 4.88. The fourth-order valence-electron chi connectivity index (χ4n) is 2.00. The van der Waals surface area contributed by atoms with Crippen LogP contribution in [0.2, 0.25) is 0 Å². The van der Waals surface area contributed by atoms with E-state index in [2.05, 4.69) is 17.6 Å². The molecule has 0 unspecified atom stereocenters. The van der Waals surface area contributed by atoms with Crippen LogP contribution >= 0.6 is 11.6 Å². The summed E-state index contributed by atoms with van der Waals surface area (Å²) in [6, 6.07) is -0.137. The van der Waals surface area contributed by atoms with Crippen LogP contribution in [0.3, 0.4) is 0 Å². The Morgan fingerprint density at radius 3 is 2.75 bits per heavy atom. The summed E-state index contributed by atoms with van der Waals surface area (Å²) in [6.07, 6.45) is 7.80. The number of alkyl halides is 1. The van der Waals surface area contributed by atoms with E-state index in [9.17, 15) is 4.79 Å². The van der Waals surface area contributed by atoms with E-state index in [0.717, 1.165) is 6.42 Å². The van der Waals surface area contributed by atoms with Crippen LogP contribution in [0, 0.1) is 5.92 Å². The number of hydrogen-bond acceptors (Lipinski definition) is 1. The highest BCUT2D eigenvalue weighted by Gasteiger charge is 2.16. The maximum atomic E-state index is 11.3. The number of allylic oxidation sites excluding steroid dienone is 1. The Balaban J connectivity index is 2.20. The molecule has 2 amide bonds. The van der Waals surface area contributed by atoms with E-state index in [-0.39, 0.29) is 6.03 Å². The Morgan fingerprint density at radius 2 is 2.12 bits per heavy atom. The zero-order valence-corrected chi connectivity index (χ0v) is 10.6. The second-order valence-electron chi connectivity index (χ2n) is 4.31. The summed E-state index contributed by atoms with van der Waals surface area (Å²) < 4.78 is 0. The van der Waals surface area contributed by atoms with Crippen LogP contribution in [0.5, 0.6) is 0 Å². The summed E-state index contributed by atoms with van der Waals surface area (Å²) in [5, 5.41) is 5.51. The summed E-state index contributed by atoms with van der Waals surface area (Å²) in [5.74, 6) is 1.25. The molecule has 92 valence electrons. The number of urea groups is 1. The van der Waals surface area contributed by atoms with Gasteiger partial charge >= 0.3 is 6.03 Å². The van der Waals surface area contributed by atoms with Crippen molar-refractivity contribution in [3.8, 4) is 0 Å². The molecule has 0 aromatic carbocycles. The van der Waals surface area contributed by atoms with E-state index < -0.39 is 0 Å². The third-order valence-electron chi connectivity index (χ3n) is 3.03. The predicted octanol–water partition coefficient (Wildman–Crippen LogP) is 3.01. The van der Waals surface area contributed by atoms with E-state index in [1.54, 1.807) is 0 Å². The van der Waals surface area contributed by atoms with Crippen molar-refractivity contribution < 1.29 is 4.79 Å². The van der Waals surface area contributed by atoms with Gasteiger partial charge in [-0.3, -0.25) is 0 Å². The molecule has 0 aliphatic heterocycles. The fourth-order valence-corrected chi connectivity index (χ4v) is 2.13. The molecule has 3 nitrogen and oxygen atoms in total. The number of rotatable bonds is 5. The summed E-state index contributed by atoms with van der Waals surface area (Å²) in [5.41, 5.74) is 1.28. The van der Waals surface area contributed by atoms with Crippen molar-refractivity contribution in [1.29, 1.82) is 0 Å². The van der Waals surface area contributed by atoms with Gasteiger partial charge in [-0.2, -0.15) is 0 Å². The summed E-state index contributed by atoms with van der Waals surface area (Å²) in [7, 11) is 0. The highest BCUT2D eigenvalue weighted by Crippen LogP contribution is 2.30. The van der Waals surface area contributed by atoms with Gasteiger partial charge < -0.3 is 10.6 Å². The van der Waals surface area contributed by atoms with Gasteiger partial charge in [-0.05, 0) is 32.1 Å². The normalized spacial score (nSPS) is 17.5. The molecule has 2 N–H and O–H groups in total. The van der Waals surface area contributed by atoms with Gasteiger partial charge in [0.2, 0.25) is 0 Å². The second kappa shape index (κ2) is 7.55. The summed E-state index contributed by atoms with van der Waals surface area (Å²) in [6.45, 7) is 2.72. The van der Waals surface area contributed by atoms with Gasteiger partial charge in [-0.25, -0.2) is 4.79 Å². The summed E-state index contributed by atoms with van der Waals surface area (Å²) in [4.78, 5) is 11.3. The van der Waals surface area contributed by atoms with Gasteiger partial charge in [0.25, 0.3) is 0 Å². The monoisotopic (exact) mass is 244 g/mol. The second-order valence-corrected chi connectivity index (χ2v) is 4.69. The maximum absolute atomic E-state index is 11.3. The molecule has 0 aromatic rings. The topological polar surface area (TPSA) is 41.1 Å². The Bertz CT molecular complexity index is 247. The van der Waals surface area contributed by atoms with Crippen LogP contribution in [0.15, 0.2) is 11.8 Å². The highest BCUT2D eigenvalue weighted by molar-refractivity contribution is 6.17. The van der Waals surface area contributed by atoms with Gasteiger partial charge in [0.05, 0.1) is 0 Å².